The second-order valence-electron chi connectivity index (χ2n) is 5.26. The van der Waals surface area contributed by atoms with Crippen LogP contribution in [0.1, 0.15) is 11.1 Å². The van der Waals surface area contributed by atoms with Crippen LogP contribution in [0, 0.1) is 0 Å². The van der Waals surface area contributed by atoms with Crippen LogP contribution in [0.15, 0.2) is 58.5 Å². The maximum atomic E-state index is 12.5. The first-order chi connectivity index (χ1) is 11.6. The molecule has 0 saturated heterocycles. The van der Waals surface area contributed by atoms with Crippen molar-refractivity contribution in [3.05, 3.63) is 70.0 Å². The summed E-state index contributed by atoms with van der Waals surface area (Å²) in [5.74, 6) is -0.0772. The van der Waals surface area contributed by atoms with E-state index < -0.39 is 0 Å². The summed E-state index contributed by atoms with van der Waals surface area (Å²) >= 11 is 1.36. The zero-order chi connectivity index (χ0) is 17.1. The molecule has 0 bridgehead atoms. The van der Waals surface area contributed by atoms with E-state index in [2.05, 4.69) is 9.97 Å². The molecule has 0 fully saturated rings. The standard InChI is InChI=1S/C18H16N2O3S/c1-24-18-19-16(11-5-3-2-4-6-11)14(17(23)20-18)9-12-7-8-13(21)10-15(12)22/h2-8,10,21-22H,9H2,1H3,(H,19,20,23). The molecule has 3 rings (SSSR count). The van der Waals surface area contributed by atoms with Crippen LogP contribution in [-0.2, 0) is 6.42 Å². The zero-order valence-corrected chi connectivity index (χ0v) is 13.8. The number of benzene rings is 2. The predicted octanol–water partition coefficient (Wildman–Crippen LogP) is 3.16. The van der Waals surface area contributed by atoms with Gasteiger partial charge < -0.3 is 15.2 Å². The number of aromatic hydroxyl groups is 2. The van der Waals surface area contributed by atoms with Gasteiger partial charge in [-0.25, -0.2) is 4.98 Å². The van der Waals surface area contributed by atoms with Gasteiger partial charge in [-0.15, -0.1) is 0 Å². The van der Waals surface area contributed by atoms with E-state index in [-0.39, 0.29) is 23.5 Å². The normalized spacial score (nSPS) is 10.7. The number of phenolic OH excluding ortho intramolecular Hbond substituents is 2. The molecule has 0 aliphatic carbocycles. The van der Waals surface area contributed by atoms with Gasteiger partial charge in [0.25, 0.3) is 5.56 Å². The van der Waals surface area contributed by atoms with E-state index >= 15 is 0 Å². The number of H-pyrrole nitrogens is 1. The summed E-state index contributed by atoms with van der Waals surface area (Å²) in [4.78, 5) is 19.8. The van der Waals surface area contributed by atoms with Crippen LogP contribution in [0.5, 0.6) is 11.5 Å². The molecule has 0 radical (unpaired) electrons. The minimum atomic E-state index is -0.235. The molecule has 0 spiro atoms. The Morgan fingerprint density at radius 2 is 1.88 bits per heavy atom. The van der Waals surface area contributed by atoms with Crippen molar-refractivity contribution >= 4 is 11.8 Å². The van der Waals surface area contributed by atoms with Crippen molar-refractivity contribution in [2.75, 3.05) is 6.26 Å². The maximum absolute atomic E-state index is 12.5. The summed E-state index contributed by atoms with van der Waals surface area (Å²) in [5.41, 5.74) is 2.22. The number of thioether (sulfide) groups is 1. The van der Waals surface area contributed by atoms with Crippen molar-refractivity contribution < 1.29 is 10.2 Å². The van der Waals surface area contributed by atoms with E-state index in [9.17, 15) is 15.0 Å². The highest BCUT2D eigenvalue weighted by Crippen LogP contribution is 2.28. The molecule has 2 aromatic carbocycles. The summed E-state index contributed by atoms with van der Waals surface area (Å²) in [6.07, 6.45) is 2.06. The lowest BCUT2D eigenvalue weighted by Crippen LogP contribution is -2.17. The number of nitrogens with one attached hydrogen (secondary N) is 1. The van der Waals surface area contributed by atoms with E-state index in [1.807, 2.05) is 36.6 Å². The lowest BCUT2D eigenvalue weighted by atomic mass is 10.00. The number of nitrogens with zero attached hydrogens (tertiary/aromatic N) is 1. The largest absolute Gasteiger partial charge is 0.508 e. The summed E-state index contributed by atoms with van der Waals surface area (Å²) in [6, 6.07) is 13.8. The van der Waals surface area contributed by atoms with E-state index in [1.165, 1.54) is 23.9 Å². The van der Waals surface area contributed by atoms with Crippen molar-refractivity contribution in [1.82, 2.24) is 9.97 Å². The fraction of sp³-hybridized carbons (Fsp3) is 0.111. The molecule has 0 saturated carbocycles. The van der Waals surface area contributed by atoms with Crippen LogP contribution < -0.4 is 5.56 Å². The first kappa shape index (κ1) is 16.1. The summed E-state index contributed by atoms with van der Waals surface area (Å²) < 4.78 is 0. The van der Waals surface area contributed by atoms with Crippen molar-refractivity contribution in [1.29, 1.82) is 0 Å². The Hall–Kier alpha value is -2.73. The van der Waals surface area contributed by atoms with Crippen LogP contribution in [-0.4, -0.2) is 26.4 Å². The third-order valence-corrected chi connectivity index (χ3v) is 4.25. The molecule has 122 valence electrons. The second-order valence-corrected chi connectivity index (χ2v) is 6.05. The zero-order valence-electron chi connectivity index (χ0n) is 13.0. The van der Waals surface area contributed by atoms with Gasteiger partial charge in [-0.3, -0.25) is 4.79 Å². The molecule has 3 N–H and O–H groups in total. The molecule has 0 aliphatic heterocycles. The van der Waals surface area contributed by atoms with Gasteiger partial charge in [0.2, 0.25) is 0 Å². The molecule has 0 unspecified atom stereocenters. The highest BCUT2D eigenvalue weighted by Gasteiger charge is 2.15. The molecule has 0 aliphatic rings. The summed E-state index contributed by atoms with van der Waals surface area (Å²) in [7, 11) is 0. The van der Waals surface area contributed by atoms with Crippen LogP contribution in [0.25, 0.3) is 11.3 Å². The molecule has 0 atom stereocenters. The van der Waals surface area contributed by atoms with Gasteiger partial charge in [-0.1, -0.05) is 48.2 Å². The molecule has 1 aromatic heterocycles. The molecular formula is C18H16N2O3S. The molecular weight excluding hydrogens is 324 g/mol. The van der Waals surface area contributed by atoms with E-state index in [4.69, 9.17) is 0 Å². The SMILES string of the molecule is CSc1nc(-c2ccccc2)c(Cc2ccc(O)cc2O)c(=O)[nH]1. The van der Waals surface area contributed by atoms with Gasteiger partial charge in [-0.05, 0) is 17.9 Å². The highest BCUT2D eigenvalue weighted by molar-refractivity contribution is 7.98. The maximum Gasteiger partial charge on any atom is 0.255 e. The van der Waals surface area contributed by atoms with Gasteiger partial charge in [0.15, 0.2) is 5.16 Å². The first-order valence-corrected chi connectivity index (χ1v) is 8.54. The minimum absolute atomic E-state index is 0.0238. The summed E-state index contributed by atoms with van der Waals surface area (Å²) in [6.45, 7) is 0. The van der Waals surface area contributed by atoms with Gasteiger partial charge in [-0.2, -0.15) is 0 Å². The quantitative estimate of drug-likeness (QED) is 0.502. The first-order valence-electron chi connectivity index (χ1n) is 7.32. The molecule has 3 aromatic rings. The van der Waals surface area contributed by atoms with Crippen molar-refractivity contribution in [3.63, 3.8) is 0 Å². The molecule has 6 heteroatoms. The number of rotatable bonds is 4. The number of hydrogen-bond donors (Lipinski definition) is 3. The Labute approximate surface area is 143 Å². The lowest BCUT2D eigenvalue weighted by Gasteiger charge is -2.11. The second kappa shape index (κ2) is 6.80. The van der Waals surface area contributed by atoms with Crippen molar-refractivity contribution in [3.8, 4) is 22.8 Å². The third kappa shape index (κ3) is 3.28. The number of aromatic amines is 1. The van der Waals surface area contributed by atoms with Gasteiger partial charge >= 0.3 is 0 Å². The van der Waals surface area contributed by atoms with E-state index in [0.29, 0.717) is 22.0 Å². The number of phenols is 2. The Balaban J connectivity index is 2.14. The monoisotopic (exact) mass is 340 g/mol. The minimum Gasteiger partial charge on any atom is -0.508 e. The lowest BCUT2D eigenvalue weighted by molar-refractivity contribution is 0.447. The van der Waals surface area contributed by atoms with Crippen LogP contribution in [0.2, 0.25) is 0 Å². The smallest absolute Gasteiger partial charge is 0.255 e. The molecule has 1 heterocycles. The van der Waals surface area contributed by atoms with Crippen LogP contribution in [0.4, 0.5) is 0 Å². The van der Waals surface area contributed by atoms with Crippen molar-refractivity contribution in [2.45, 2.75) is 11.6 Å². The fourth-order valence-electron chi connectivity index (χ4n) is 2.46. The molecule has 5 nitrogen and oxygen atoms in total. The van der Waals surface area contributed by atoms with E-state index in [1.54, 1.807) is 6.07 Å². The third-order valence-electron chi connectivity index (χ3n) is 3.67. The Morgan fingerprint density at radius 1 is 1.12 bits per heavy atom. The molecule has 0 amide bonds. The van der Waals surface area contributed by atoms with E-state index in [0.717, 1.165) is 5.56 Å². The van der Waals surface area contributed by atoms with Crippen LogP contribution >= 0.6 is 11.8 Å². The molecule has 24 heavy (non-hydrogen) atoms. The Morgan fingerprint density at radius 3 is 2.54 bits per heavy atom. The topological polar surface area (TPSA) is 86.2 Å². The fourth-order valence-corrected chi connectivity index (χ4v) is 2.84. The van der Waals surface area contributed by atoms with Crippen molar-refractivity contribution in [2.24, 2.45) is 0 Å². The van der Waals surface area contributed by atoms with Gasteiger partial charge in [0.1, 0.15) is 11.5 Å². The Kier molecular flexibility index (Phi) is 4.57. The van der Waals surface area contributed by atoms with Gasteiger partial charge in [0.05, 0.1) is 5.69 Å². The van der Waals surface area contributed by atoms with Crippen LogP contribution in [0.3, 0.4) is 0 Å². The predicted molar refractivity (Wildman–Crippen MR) is 94.7 cm³/mol. The number of aromatic nitrogens is 2. The number of hydrogen-bond acceptors (Lipinski definition) is 5. The average Bonchev–Trinajstić information content (AvgIpc) is 2.59. The highest BCUT2D eigenvalue weighted by atomic mass is 32.2. The Bertz CT molecular complexity index is 923. The van der Waals surface area contributed by atoms with Gasteiger partial charge in [0, 0.05) is 23.6 Å². The average molecular weight is 340 g/mol. The summed E-state index contributed by atoms with van der Waals surface area (Å²) in [5, 5.41) is 20.0.